The van der Waals surface area contributed by atoms with E-state index in [2.05, 4.69) is 0 Å². The molecule has 0 aromatic heterocycles. The van der Waals surface area contributed by atoms with Crippen molar-refractivity contribution in [2.75, 3.05) is 28.2 Å². The molecule has 2 saturated carbocycles. The fraction of sp³-hybridized carbons (Fsp3) is 0.542. The van der Waals surface area contributed by atoms with Crippen molar-refractivity contribution < 1.29 is 34.8 Å². The van der Waals surface area contributed by atoms with Gasteiger partial charge in [0.1, 0.15) is 17.4 Å². The van der Waals surface area contributed by atoms with Crippen LogP contribution in [0.5, 0.6) is 5.75 Å². The van der Waals surface area contributed by atoms with Gasteiger partial charge in [-0.15, -0.1) is 0 Å². The maximum Gasteiger partial charge on any atom is 0.230 e. The number of rotatable bonds is 4. The molecule has 3 aliphatic carbocycles. The lowest BCUT2D eigenvalue weighted by Crippen LogP contribution is -2.73. The number of nitrogens with zero attached hydrogens (tertiary/aromatic N) is 2. The third-order valence-corrected chi connectivity index (χ3v) is 7.56. The summed E-state index contributed by atoms with van der Waals surface area (Å²) in [5.74, 6) is -7.34. The molecule has 10 nitrogen and oxygen atoms in total. The largest absolute Gasteiger partial charge is 0.507 e. The van der Waals surface area contributed by atoms with Crippen LogP contribution in [0.3, 0.4) is 0 Å². The van der Waals surface area contributed by atoms with Crippen LogP contribution in [0, 0.1) is 17.8 Å². The number of fused-ring (bicyclic) bond motifs is 3. The molecule has 6 atom stereocenters. The molecule has 34 heavy (non-hydrogen) atoms. The number of aliphatic hydroxyl groups is 3. The molecular weight excluding hydrogens is 442 g/mol. The van der Waals surface area contributed by atoms with Gasteiger partial charge in [-0.3, -0.25) is 14.4 Å². The van der Waals surface area contributed by atoms with Crippen molar-refractivity contribution in [2.45, 2.75) is 37.1 Å². The molecule has 3 aliphatic rings. The van der Waals surface area contributed by atoms with E-state index in [1.54, 1.807) is 25.1 Å². The van der Waals surface area contributed by atoms with Crippen LogP contribution in [0.15, 0.2) is 17.7 Å². The van der Waals surface area contributed by atoms with Crippen molar-refractivity contribution in [3.8, 4) is 5.75 Å². The highest BCUT2D eigenvalue weighted by Crippen LogP contribution is 2.52. The lowest BCUT2D eigenvalue weighted by Gasteiger charge is -2.53. The first kappa shape index (κ1) is 24.3. The van der Waals surface area contributed by atoms with Gasteiger partial charge in [-0.2, -0.15) is 0 Å². The molecule has 0 aliphatic heterocycles. The summed E-state index contributed by atoms with van der Waals surface area (Å²) in [6, 6.07) is 2.30. The van der Waals surface area contributed by atoms with Gasteiger partial charge in [0.15, 0.2) is 11.4 Å². The van der Waals surface area contributed by atoms with Crippen LogP contribution in [-0.2, 0) is 27.3 Å². The number of carbonyl (C=O) groups excluding carboxylic acids is 3. The van der Waals surface area contributed by atoms with E-state index in [1.807, 2.05) is 19.0 Å². The van der Waals surface area contributed by atoms with Gasteiger partial charge >= 0.3 is 0 Å². The molecule has 4 rings (SSSR count). The fourth-order valence-electron chi connectivity index (χ4n) is 6.16. The second kappa shape index (κ2) is 8.16. The number of ketones is 2. The molecule has 0 bridgehead atoms. The summed E-state index contributed by atoms with van der Waals surface area (Å²) < 4.78 is 0. The maximum absolute atomic E-state index is 13.7. The molecule has 10 heteroatoms. The van der Waals surface area contributed by atoms with Crippen molar-refractivity contribution in [1.29, 1.82) is 0 Å². The molecule has 6 N–H and O–H groups in total. The number of phenols is 1. The molecule has 0 radical (unpaired) electrons. The summed E-state index contributed by atoms with van der Waals surface area (Å²) in [4.78, 5) is 42.6. The van der Waals surface area contributed by atoms with Crippen LogP contribution in [-0.4, -0.2) is 93.6 Å². The standard InChI is InChI=1S/C24H31N3O7/c1-26(2)9-10-5-6-14(28)16-12(10)7-11-8-13-18(27(3)4)20(30)17(23(25)33)22(32)24(13,34)21(31)15(11)19(16)29/h5-6,11,13,17-18,20,28-30,34H,7-9H2,1-4H3,(H2,25,33)/t11?,13?,17?,18-,20?,24-/m0/s1. The number of benzene rings is 1. The van der Waals surface area contributed by atoms with Crippen LogP contribution < -0.4 is 5.73 Å². The lowest BCUT2D eigenvalue weighted by molar-refractivity contribution is -0.184. The highest BCUT2D eigenvalue weighted by Gasteiger charge is 2.67. The summed E-state index contributed by atoms with van der Waals surface area (Å²) in [7, 11) is 7.02. The zero-order chi connectivity index (χ0) is 25.3. The number of amides is 1. The number of carbonyl (C=O) groups is 3. The molecular formula is C24H31N3O7. The van der Waals surface area contributed by atoms with Gasteiger partial charge in [-0.25, -0.2) is 0 Å². The molecule has 4 unspecified atom stereocenters. The van der Waals surface area contributed by atoms with Crippen molar-refractivity contribution >= 4 is 23.2 Å². The second-order valence-electron chi connectivity index (χ2n) is 10.1. The number of hydrogen-bond acceptors (Lipinski definition) is 9. The van der Waals surface area contributed by atoms with Crippen LogP contribution >= 0.6 is 0 Å². The van der Waals surface area contributed by atoms with Gasteiger partial charge in [0, 0.05) is 24.1 Å². The number of primary amides is 1. The Morgan fingerprint density at radius 1 is 1.18 bits per heavy atom. The van der Waals surface area contributed by atoms with Gasteiger partial charge in [-0.1, -0.05) is 6.07 Å². The average molecular weight is 474 g/mol. The summed E-state index contributed by atoms with van der Waals surface area (Å²) in [6.45, 7) is 0.539. The van der Waals surface area contributed by atoms with E-state index in [1.165, 1.54) is 6.07 Å². The zero-order valence-electron chi connectivity index (χ0n) is 19.6. The Balaban J connectivity index is 1.91. The maximum atomic E-state index is 13.7. The van der Waals surface area contributed by atoms with E-state index >= 15 is 0 Å². The average Bonchev–Trinajstić information content (AvgIpc) is 2.72. The number of aliphatic hydroxyl groups excluding tert-OH is 2. The minimum absolute atomic E-state index is 0.106. The number of hydrogen-bond donors (Lipinski definition) is 5. The molecule has 1 amide bonds. The smallest absolute Gasteiger partial charge is 0.230 e. The number of phenolic OH excluding ortho intramolecular Hbond substituents is 1. The molecule has 1 aromatic carbocycles. The highest BCUT2D eigenvalue weighted by atomic mass is 16.3. The molecule has 1 aromatic rings. The quantitative estimate of drug-likeness (QED) is 0.352. The molecule has 2 fully saturated rings. The van der Waals surface area contributed by atoms with E-state index in [-0.39, 0.29) is 23.3 Å². The van der Waals surface area contributed by atoms with Gasteiger partial charge < -0.3 is 36.0 Å². The Bertz CT molecular complexity index is 1110. The van der Waals surface area contributed by atoms with Gasteiger partial charge in [0.25, 0.3) is 0 Å². The van der Waals surface area contributed by atoms with Crippen LogP contribution in [0.4, 0.5) is 0 Å². The topological polar surface area (TPSA) is 165 Å². The van der Waals surface area contributed by atoms with Crippen molar-refractivity contribution in [3.05, 3.63) is 34.4 Å². The number of aromatic hydroxyl groups is 1. The predicted molar refractivity (Wildman–Crippen MR) is 121 cm³/mol. The monoisotopic (exact) mass is 473 g/mol. The van der Waals surface area contributed by atoms with Crippen LogP contribution in [0.2, 0.25) is 0 Å². The molecule has 0 heterocycles. The SMILES string of the molecule is CN(C)Cc1ccc(O)c2c1CC1CC3[C@H](N(C)C)C(O)C(C(N)=O)C(=O)[C@@]3(O)C(=O)C1=C2O. The normalized spacial score (nSPS) is 33.1. The summed E-state index contributed by atoms with van der Waals surface area (Å²) >= 11 is 0. The lowest BCUT2D eigenvalue weighted by atomic mass is 9.54. The van der Waals surface area contributed by atoms with E-state index in [4.69, 9.17) is 5.73 Å². The van der Waals surface area contributed by atoms with E-state index in [9.17, 15) is 34.8 Å². The van der Waals surface area contributed by atoms with Crippen molar-refractivity contribution in [3.63, 3.8) is 0 Å². The third-order valence-electron chi connectivity index (χ3n) is 7.56. The summed E-state index contributed by atoms with van der Waals surface area (Å²) in [5, 5.41) is 44.1. The van der Waals surface area contributed by atoms with Crippen molar-refractivity contribution in [2.24, 2.45) is 23.5 Å². The summed E-state index contributed by atoms with van der Waals surface area (Å²) in [6.07, 6.45) is -1.09. The van der Waals surface area contributed by atoms with Gasteiger partial charge in [-0.05, 0) is 64.1 Å². The van der Waals surface area contributed by atoms with Gasteiger partial charge in [0.05, 0.1) is 11.7 Å². The van der Waals surface area contributed by atoms with Gasteiger partial charge in [0.2, 0.25) is 11.7 Å². The van der Waals surface area contributed by atoms with Crippen LogP contribution in [0.25, 0.3) is 5.76 Å². The first-order valence-corrected chi connectivity index (χ1v) is 11.2. The fourth-order valence-corrected chi connectivity index (χ4v) is 6.16. The first-order valence-electron chi connectivity index (χ1n) is 11.2. The van der Waals surface area contributed by atoms with Crippen LogP contribution in [0.1, 0.15) is 23.1 Å². The second-order valence-corrected chi connectivity index (χ2v) is 10.1. The Labute approximate surface area is 197 Å². The summed E-state index contributed by atoms with van der Waals surface area (Å²) in [5.41, 5.74) is 4.27. The minimum atomic E-state index is -2.64. The first-order chi connectivity index (χ1) is 15.8. The Morgan fingerprint density at radius 3 is 2.38 bits per heavy atom. The molecule has 184 valence electrons. The highest BCUT2D eigenvalue weighted by molar-refractivity contribution is 6.25. The number of likely N-dealkylation sites (N-methyl/N-ethyl adjacent to an activating group) is 1. The minimum Gasteiger partial charge on any atom is -0.507 e. The Morgan fingerprint density at radius 2 is 1.82 bits per heavy atom. The molecule has 0 spiro atoms. The third kappa shape index (κ3) is 3.28. The van der Waals surface area contributed by atoms with Crippen molar-refractivity contribution in [1.82, 2.24) is 9.80 Å². The predicted octanol–water partition coefficient (Wildman–Crippen LogP) is -0.809. The van der Waals surface area contributed by atoms with E-state index < -0.39 is 58.7 Å². The number of Topliss-reactive ketones (excluding diaryl/α,β-unsaturated/α-hetero) is 2. The number of nitrogens with two attached hydrogens (primary N) is 1. The zero-order valence-corrected chi connectivity index (χ0v) is 19.6. The molecule has 0 saturated heterocycles. The Kier molecular flexibility index (Phi) is 5.84. The Hall–Kier alpha value is -2.79. The van der Waals surface area contributed by atoms with E-state index in [0.717, 1.165) is 5.56 Å². The van der Waals surface area contributed by atoms with E-state index in [0.29, 0.717) is 18.5 Å².